The third-order valence-electron chi connectivity index (χ3n) is 5.70. The highest BCUT2D eigenvalue weighted by Gasteiger charge is 2.42. The molecule has 1 atom stereocenters. The highest BCUT2D eigenvalue weighted by molar-refractivity contribution is 14.0. The number of likely N-dealkylation sites (tertiary alicyclic amines) is 1. The maximum Gasteiger partial charge on any atom is 0.213 e. The Bertz CT molecular complexity index is 575. The van der Waals surface area contributed by atoms with Crippen molar-refractivity contribution in [2.45, 2.75) is 39.0 Å². The van der Waals surface area contributed by atoms with Gasteiger partial charge in [0.25, 0.3) is 0 Å². The lowest BCUT2D eigenvalue weighted by molar-refractivity contribution is 0.156. The number of ether oxygens (including phenoxy) is 1. The van der Waals surface area contributed by atoms with Gasteiger partial charge in [-0.05, 0) is 38.5 Å². The van der Waals surface area contributed by atoms with Gasteiger partial charge in [0.2, 0.25) is 10.0 Å². The normalized spacial score (nSPS) is 26.8. The fraction of sp³-hybridized carbons (Fsp3) is 0.941. The summed E-state index contributed by atoms with van der Waals surface area (Å²) in [6.07, 6.45) is 5.75. The van der Waals surface area contributed by atoms with Gasteiger partial charge in [-0.3, -0.25) is 4.99 Å². The fourth-order valence-corrected chi connectivity index (χ4v) is 4.76. The molecule has 3 fully saturated rings. The second-order valence-corrected chi connectivity index (χ2v) is 9.60. The SMILES string of the molecule is CCNC(=NCCS(=O)(=O)NCC1CCC1)N1CCC2(CCOC2)C1.I. The highest BCUT2D eigenvalue weighted by atomic mass is 127. The van der Waals surface area contributed by atoms with Gasteiger partial charge in [0.05, 0.1) is 18.9 Å². The van der Waals surface area contributed by atoms with Crippen molar-refractivity contribution in [3.05, 3.63) is 0 Å². The molecule has 0 amide bonds. The summed E-state index contributed by atoms with van der Waals surface area (Å²) in [4.78, 5) is 6.82. The van der Waals surface area contributed by atoms with E-state index in [0.29, 0.717) is 19.0 Å². The Hall–Kier alpha value is -0.130. The van der Waals surface area contributed by atoms with Crippen molar-refractivity contribution in [3.63, 3.8) is 0 Å². The van der Waals surface area contributed by atoms with Crippen LogP contribution >= 0.6 is 24.0 Å². The number of nitrogens with one attached hydrogen (secondary N) is 2. The molecule has 2 aliphatic heterocycles. The molecule has 0 aromatic heterocycles. The van der Waals surface area contributed by atoms with Crippen LogP contribution in [0.4, 0.5) is 0 Å². The minimum Gasteiger partial charge on any atom is -0.381 e. The number of hydrogen-bond acceptors (Lipinski definition) is 4. The molecule has 0 radical (unpaired) electrons. The minimum absolute atomic E-state index is 0. The van der Waals surface area contributed by atoms with Crippen LogP contribution < -0.4 is 10.0 Å². The van der Waals surface area contributed by atoms with Crippen LogP contribution in [-0.4, -0.2) is 71.0 Å². The summed E-state index contributed by atoms with van der Waals surface area (Å²) in [6, 6.07) is 0. The maximum atomic E-state index is 12.1. The van der Waals surface area contributed by atoms with E-state index in [2.05, 4.69) is 19.9 Å². The summed E-state index contributed by atoms with van der Waals surface area (Å²) in [5.41, 5.74) is 0.270. The van der Waals surface area contributed by atoms with Gasteiger partial charge in [-0.1, -0.05) is 6.42 Å². The summed E-state index contributed by atoms with van der Waals surface area (Å²) in [5.74, 6) is 1.42. The van der Waals surface area contributed by atoms with Crippen molar-refractivity contribution in [2.75, 3.05) is 51.7 Å². The van der Waals surface area contributed by atoms with Crippen molar-refractivity contribution in [3.8, 4) is 0 Å². The molecule has 3 aliphatic rings. The Morgan fingerprint density at radius 2 is 2.15 bits per heavy atom. The van der Waals surface area contributed by atoms with Crippen LogP contribution in [0.3, 0.4) is 0 Å². The van der Waals surface area contributed by atoms with Crippen molar-refractivity contribution in [1.29, 1.82) is 0 Å². The van der Waals surface area contributed by atoms with Crippen molar-refractivity contribution < 1.29 is 13.2 Å². The number of hydrogen-bond donors (Lipinski definition) is 2. The van der Waals surface area contributed by atoms with E-state index in [-0.39, 0.29) is 35.1 Å². The molecule has 1 aliphatic carbocycles. The number of guanidine groups is 1. The van der Waals surface area contributed by atoms with E-state index in [1.807, 2.05) is 6.92 Å². The van der Waals surface area contributed by atoms with Gasteiger partial charge >= 0.3 is 0 Å². The van der Waals surface area contributed by atoms with Gasteiger partial charge in [0.1, 0.15) is 0 Å². The van der Waals surface area contributed by atoms with E-state index in [1.54, 1.807) is 0 Å². The third kappa shape index (κ3) is 5.93. The molecule has 0 aromatic rings. The molecule has 1 saturated carbocycles. The summed E-state index contributed by atoms with van der Waals surface area (Å²) >= 11 is 0. The monoisotopic (exact) mass is 500 g/mol. The molecule has 3 rings (SSSR count). The van der Waals surface area contributed by atoms with E-state index in [1.165, 1.54) is 6.42 Å². The first kappa shape index (κ1) is 22.2. The molecule has 1 spiro atoms. The average molecular weight is 500 g/mol. The standard InChI is InChI=1S/C17H32N4O3S.HI/c1-2-18-16(21-9-6-17(13-21)7-10-24-14-17)19-8-11-25(22,23)20-12-15-4-3-5-15;/h15,20H,2-14H2,1H3,(H,18,19);1H. The molecule has 1 unspecified atom stereocenters. The zero-order chi connectivity index (χ0) is 17.8. The predicted octanol–water partition coefficient (Wildman–Crippen LogP) is 1.40. The lowest BCUT2D eigenvalue weighted by Gasteiger charge is -2.25. The van der Waals surface area contributed by atoms with Gasteiger partial charge in [-0.15, -0.1) is 24.0 Å². The third-order valence-corrected chi connectivity index (χ3v) is 7.02. The van der Waals surface area contributed by atoms with E-state index in [0.717, 1.165) is 64.5 Å². The van der Waals surface area contributed by atoms with Crippen LogP contribution in [0, 0.1) is 11.3 Å². The van der Waals surface area contributed by atoms with Gasteiger partial charge in [-0.25, -0.2) is 13.1 Å². The molecule has 0 bridgehead atoms. The smallest absolute Gasteiger partial charge is 0.213 e. The first-order valence-electron chi connectivity index (χ1n) is 9.60. The van der Waals surface area contributed by atoms with E-state index in [4.69, 9.17) is 4.74 Å². The number of halogens is 1. The number of nitrogens with zero attached hydrogens (tertiary/aromatic N) is 2. The Labute approximate surface area is 174 Å². The van der Waals surface area contributed by atoms with Crippen LogP contribution in [0.15, 0.2) is 4.99 Å². The van der Waals surface area contributed by atoms with Crippen molar-refractivity contribution >= 4 is 40.0 Å². The van der Waals surface area contributed by atoms with E-state index in [9.17, 15) is 8.42 Å². The van der Waals surface area contributed by atoms with Gasteiger partial charge in [-0.2, -0.15) is 0 Å². The molecule has 7 nitrogen and oxygen atoms in total. The molecule has 2 saturated heterocycles. The lowest BCUT2D eigenvalue weighted by atomic mass is 9.86. The van der Waals surface area contributed by atoms with Crippen molar-refractivity contribution in [2.24, 2.45) is 16.3 Å². The Balaban J connectivity index is 0.00000243. The Kier molecular flexibility index (Phi) is 8.42. The molecule has 26 heavy (non-hydrogen) atoms. The summed E-state index contributed by atoms with van der Waals surface area (Å²) in [6.45, 7) is 7.30. The molecular weight excluding hydrogens is 467 g/mol. The Morgan fingerprint density at radius 1 is 1.35 bits per heavy atom. The fourth-order valence-electron chi connectivity index (χ4n) is 3.80. The molecule has 152 valence electrons. The summed E-state index contributed by atoms with van der Waals surface area (Å²) in [5, 5.41) is 3.31. The number of sulfonamides is 1. The molecule has 0 aromatic carbocycles. The highest BCUT2D eigenvalue weighted by Crippen LogP contribution is 2.38. The molecule has 2 heterocycles. The van der Waals surface area contributed by atoms with Crippen LogP contribution in [-0.2, 0) is 14.8 Å². The first-order valence-corrected chi connectivity index (χ1v) is 11.3. The largest absolute Gasteiger partial charge is 0.381 e. The molecule has 9 heteroatoms. The molecular formula is C17H33IN4O3S. The second kappa shape index (κ2) is 9.88. The Morgan fingerprint density at radius 3 is 2.77 bits per heavy atom. The van der Waals surface area contributed by atoms with Crippen LogP contribution in [0.1, 0.15) is 39.0 Å². The zero-order valence-electron chi connectivity index (χ0n) is 15.7. The summed E-state index contributed by atoms with van der Waals surface area (Å²) in [7, 11) is -3.23. The maximum absolute atomic E-state index is 12.1. The zero-order valence-corrected chi connectivity index (χ0v) is 18.9. The molecule has 2 N–H and O–H groups in total. The lowest BCUT2D eigenvalue weighted by Crippen LogP contribution is -2.42. The quantitative estimate of drug-likeness (QED) is 0.314. The van der Waals surface area contributed by atoms with Crippen molar-refractivity contribution in [1.82, 2.24) is 14.9 Å². The topological polar surface area (TPSA) is 83.0 Å². The number of rotatable bonds is 7. The van der Waals surface area contributed by atoms with E-state index < -0.39 is 10.0 Å². The van der Waals surface area contributed by atoms with Crippen LogP contribution in [0.5, 0.6) is 0 Å². The van der Waals surface area contributed by atoms with Gasteiger partial charge < -0.3 is 15.0 Å². The minimum atomic E-state index is -3.23. The van der Waals surface area contributed by atoms with Gasteiger partial charge in [0, 0.05) is 38.2 Å². The van der Waals surface area contributed by atoms with Crippen LogP contribution in [0.2, 0.25) is 0 Å². The number of aliphatic imine (C=N–C) groups is 1. The average Bonchev–Trinajstić information content (AvgIpc) is 3.15. The van der Waals surface area contributed by atoms with E-state index >= 15 is 0 Å². The summed E-state index contributed by atoms with van der Waals surface area (Å²) < 4.78 is 32.5. The van der Waals surface area contributed by atoms with Crippen LogP contribution in [0.25, 0.3) is 0 Å². The van der Waals surface area contributed by atoms with Gasteiger partial charge in [0.15, 0.2) is 5.96 Å². The first-order chi connectivity index (χ1) is 12.0. The predicted molar refractivity (Wildman–Crippen MR) is 115 cm³/mol. The second-order valence-electron chi connectivity index (χ2n) is 7.67.